The predicted octanol–water partition coefficient (Wildman–Crippen LogP) is 3.11. The van der Waals surface area contributed by atoms with Gasteiger partial charge in [-0.2, -0.15) is 4.57 Å². The summed E-state index contributed by atoms with van der Waals surface area (Å²) in [7, 11) is 1.58. The Kier molecular flexibility index (Phi) is 5.84. The number of aromatic nitrogens is 1. The van der Waals surface area contributed by atoms with Crippen molar-refractivity contribution in [1.29, 1.82) is 0 Å². The number of carbonyl (C=O) groups excluding carboxylic acids is 2. The van der Waals surface area contributed by atoms with Crippen LogP contribution >= 0.6 is 0 Å². The molecule has 2 amide bonds. The molecule has 0 saturated carbocycles. The van der Waals surface area contributed by atoms with Crippen LogP contribution in [0, 0.1) is 0 Å². The third-order valence-corrected chi connectivity index (χ3v) is 5.12. The highest BCUT2D eigenvalue weighted by molar-refractivity contribution is 6.05. The molecule has 0 bridgehead atoms. The lowest BCUT2D eigenvalue weighted by atomic mass is 10.0. The maximum atomic E-state index is 13.4. The molecule has 1 aliphatic rings. The smallest absolute Gasteiger partial charge is 0.294 e. The lowest BCUT2D eigenvalue weighted by Crippen LogP contribution is -2.58. The zero-order valence-electron chi connectivity index (χ0n) is 17.4. The summed E-state index contributed by atoms with van der Waals surface area (Å²) in [6.45, 7) is 2.65. The number of nitrogens with zero attached hydrogens (tertiary/aromatic N) is 2. The SMILES string of the molecule is CCOc1ccc(NC(=O)[C@@H]2c3cccc[n+]3CC(=O)N2c2ccc(OC)cc2)cc1. The van der Waals surface area contributed by atoms with Crippen molar-refractivity contribution >= 4 is 23.2 Å². The Bertz CT molecular complexity index is 1080. The molecule has 2 heterocycles. The monoisotopic (exact) mass is 418 g/mol. The highest BCUT2D eigenvalue weighted by atomic mass is 16.5. The van der Waals surface area contributed by atoms with Crippen LogP contribution in [-0.4, -0.2) is 25.5 Å². The van der Waals surface area contributed by atoms with E-state index in [0.29, 0.717) is 23.7 Å². The first-order valence-electron chi connectivity index (χ1n) is 10.1. The lowest BCUT2D eigenvalue weighted by Gasteiger charge is -2.32. The quantitative estimate of drug-likeness (QED) is 0.625. The van der Waals surface area contributed by atoms with Crippen LogP contribution < -0.4 is 24.3 Å². The number of fused-ring (bicyclic) bond motifs is 1. The van der Waals surface area contributed by atoms with Crippen LogP contribution in [0.4, 0.5) is 11.4 Å². The molecular formula is C24H24N3O4+. The third kappa shape index (κ3) is 4.21. The normalized spacial score (nSPS) is 15.2. The predicted molar refractivity (Wildman–Crippen MR) is 116 cm³/mol. The molecule has 158 valence electrons. The summed E-state index contributed by atoms with van der Waals surface area (Å²) in [6, 6.07) is 19.0. The number of nitrogens with one attached hydrogen (secondary N) is 1. The molecule has 3 aromatic rings. The zero-order valence-corrected chi connectivity index (χ0v) is 17.4. The van der Waals surface area contributed by atoms with Gasteiger partial charge in [0.05, 0.1) is 13.7 Å². The van der Waals surface area contributed by atoms with E-state index < -0.39 is 6.04 Å². The Morgan fingerprint density at radius 1 is 1.06 bits per heavy atom. The molecule has 4 rings (SSSR count). The van der Waals surface area contributed by atoms with Gasteiger partial charge in [-0.25, -0.2) is 0 Å². The molecule has 7 nitrogen and oxygen atoms in total. The van der Waals surface area contributed by atoms with Crippen molar-refractivity contribution in [2.45, 2.75) is 19.5 Å². The summed E-state index contributed by atoms with van der Waals surface area (Å²) < 4.78 is 12.5. The first-order chi connectivity index (χ1) is 15.1. The highest BCUT2D eigenvalue weighted by Crippen LogP contribution is 2.31. The summed E-state index contributed by atoms with van der Waals surface area (Å²) in [5.41, 5.74) is 2.00. The van der Waals surface area contributed by atoms with Crippen molar-refractivity contribution in [2.24, 2.45) is 0 Å². The van der Waals surface area contributed by atoms with Gasteiger partial charge in [-0.05, 0) is 55.5 Å². The Morgan fingerprint density at radius 3 is 2.45 bits per heavy atom. The molecule has 7 heteroatoms. The molecule has 0 saturated heterocycles. The number of amides is 2. The van der Waals surface area contributed by atoms with Gasteiger partial charge in [-0.1, -0.05) is 6.07 Å². The van der Waals surface area contributed by atoms with Gasteiger partial charge < -0.3 is 14.8 Å². The number of rotatable bonds is 6. The van der Waals surface area contributed by atoms with E-state index in [9.17, 15) is 9.59 Å². The van der Waals surface area contributed by atoms with Crippen LogP contribution in [-0.2, 0) is 16.1 Å². The van der Waals surface area contributed by atoms with Crippen LogP contribution in [0.5, 0.6) is 11.5 Å². The first-order valence-corrected chi connectivity index (χ1v) is 10.1. The Morgan fingerprint density at radius 2 is 1.77 bits per heavy atom. The van der Waals surface area contributed by atoms with E-state index in [2.05, 4.69) is 5.32 Å². The van der Waals surface area contributed by atoms with Crippen molar-refractivity contribution in [3.63, 3.8) is 0 Å². The van der Waals surface area contributed by atoms with Gasteiger partial charge >= 0.3 is 0 Å². The fourth-order valence-electron chi connectivity index (χ4n) is 3.68. The van der Waals surface area contributed by atoms with Gasteiger partial charge in [-0.15, -0.1) is 0 Å². The van der Waals surface area contributed by atoms with Crippen molar-refractivity contribution in [3.05, 3.63) is 78.6 Å². The van der Waals surface area contributed by atoms with Gasteiger partial charge in [0.1, 0.15) is 11.5 Å². The van der Waals surface area contributed by atoms with E-state index in [1.807, 2.05) is 35.9 Å². The van der Waals surface area contributed by atoms with Crippen molar-refractivity contribution in [3.8, 4) is 11.5 Å². The van der Waals surface area contributed by atoms with E-state index in [1.54, 1.807) is 60.5 Å². The second kappa shape index (κ2) is 8.87. The molecule has 0 unspecified atom stereocenters. The second-order valence-electron chi connectivity index (χ2n) is 7.06. The Labute approximate surface area is 180 Å². The molecule has 0 spiro atoms. The second-order valence-corrected chi connectivity index (χ2v) is 7.06. The molecule has 0 fully saturated rings. The molecule has 31 heavy (non-hydrogen) atoms. The zero-order chi connectivity index (χ0) is 21.8. The lowest BCUT2D eigenvalue weighted by molar-refractivity contribution is -0.695. The van der Waals surface area contributed by atoms with Crippen LogP contribution in [0.25, 0.3) is 0 Å². The molecule has 1 aliphatic heterocycles. The molecule has 0 aliphatic carbocycles. The number of hydrogen-bond acceptors (Lipinski definition) is 4. The summed E-state index contributed by atoms with van der Waals surface area (Å²) in [5.74, 6) is 0.946. The molecule has 1 N–H and O–H groups in total. The van der Waals surface area contributed by atoms with Crippen molar-refractivity contribution < 1.29 is 23.6 Å². The van der Waals surface area contributed by atoms with Gasteiger partial charge in [0.25, 0.3) is 11.8 Å². The number of ether oxygens (including phenoxy) is 2. The highest BCUT2D eigenvalue weighted by Gasteiger charge is 2.43. The fourth-order valence-corrected chi connectivity index (χ4v) is 3.68. The minimum atomic E-state index is -0.817. The molecular weight excluding hydrogens is 394 g/mol. The van der Waals surface area contributed by atoms with Crippen LogP contribution in [0.1, 0.15) is 18.7 Å². The number of benzene rings is 2. The maximum absolute atomic E-state index is 13.4. The first kappa shape index (κ1) is 20.4. The van der Waals surface area contributed by atoms with E-state index in [1.165, 1.54) is 0 Å². The average molecular weight is 418 g/mol. The van der Waals surface area contributed by atoms with Crippen LogP contribution in [0.15, 0.2) is 72.9 Å². The van der Waals surface area contributed by atoms with E-state index in [0.717, 1.165) is 11.4 Å². The maximum Gasteiger partial charge on any atom is 0.294 e. The summed E-state index contributed by atoms with van der Waals surface area (Å²) in [4.78, 5) is 28.0. The number of methoxy groups -OCH3 is 1. The fraction of sp³-hybridized carbons (Fsp3) is 0.208. The van der Waals surface area contributed by atoms with Crippen molar-refractivity contribution in [2.75, 3.05) is 23.9 Å². The van der Waals surface area contributed by atoms with E-state index >= 15 is 0 Å². The number of hydrogen-bond donors (Lipinski definition) is 1. The van der Waals surface area contributed by atoms with E-state index in [-0.39, 0.29) is 18.4 Å². The Balaban J connectivity index is 1.68. The van der Waals surface area contributed by atoms with Crippen LogP contribution in [0.3, 0.4) is 0 Å². The number of carbonyl (C=O) groups is 2. The van der Waals surface area contributed by atoms with Crippen molar-refractivity contribution in [1.82, 2.24) is 0 Å². The van der Waals surface area contributed by atoms with E-state index in [4.69, 9.17) is 9.47 Å². The molecule has 1 atom stereocenters. The standard InChI is InChI=1S/C24H23N3O4/c1-3-31-20-11-7-17(8-12-20)25-24(29)23-21-6-4-5-15-26(21)16-22(28)27(23)18-9-13-19(30-2)14-10-18/h4-15,23H,3,16H2,1-2H3/p+1/t23-/m0/s1. The molecule has 2 aromatic carbocycles. The largest absolute Gasteiger partial charge is 0.497 e. The minimum Gasteiger partial charge on any atom is -0.497 e. The average Bonchev–Trinajstić information content (AvgIpc) is 2.79. The van der Waals surface area contributed by atoms with Gasteiger partial charge in [0.15, 0.2) is 6.20 Å². The number of anilines is 2. The molecule has 1 aromatic heterocycles. The topological polar surface area (TPSA) is 71.8 Å². The summed E-state index contributed by atoms with van der Waals surface area (Å²) in [6.07, 6.45) is 1.82. The third-order valence-electron chi connectivity index (χ3n) is 5.12. The Hall–Kier alpha value is -3.87. The number of pyridine rings is 1. The summed E-state index contributed by atoms with van der Waals surface area (Å²) >= 11 is 0. The van der Waals surface area contributed by atoms with Gasteiger partial charge in [0, 0.05) is 23.5 Å². The van der Waals surface area contributed by atoms with Gasteiger partial charge in [-0.3, -0.25) is 14.5 Å². The molecule has 0 radical (unpaired) electrons. The van der Waals surface area contributed by atoms with Crippen LogP contribution in [0.2, 0.25) is 0 Å². The van der Waals surface area contributed by atoms with Gasteiger partial charge in [0.2, 0.25) is 18.3 Å². The minimum absolute atomic E-state index is 0.162. The summed E-state index contributed by atoms with van der Waals surface area (Å²) in [5, 5.41) is 2.94.